The largest absolute Gasteiger partial charge is 2.00 e. The van der Waals surface area contributed by atoms with Crippen LogP contribution in [0.1, 0.15) is 0 Å². The van der Waals surface area contributed by atoms with Crippen molar-refractivity contribution in [2.75, 3.05) is 47.8 Å². The molecule has 6 nitrogen and oxygen atoms in total. The first-order chi connectivity index (χ1) is 15.5. The fraction of sp³-hybridized carbons (Fsp3) is 0.154. The van der Waals surface area contributed by atoms with Gasteiger partial charge in [-0.25, -0.2) is 9.97 Å². The molecule has 3 heterocycles. The molecule has 1 aliphatic rings. The van der Waals surface area contributed by atoms with Gasteiger partial charge in [-0.3, -0.25) is 0 Å². The van der Waals surface area contributed by atoms with E-state index in [1.54, 1.807) is 0 Å². The van der Waals surface area contributed by atoms with Crippen molar-refractivity contribution < 1.29 is 21.1 Å². The van der Waals surface area contributed by atoms with Gasteiger partial charge in [0.2, 0.25) is 0 Å². The molecule has 4 aromatic rings. The molecule has 0 radical (unpaired) electrons. The molecule has 0 unspecified atom stereocenters. The third-order valence-electron chi connectivity index (χ3n) is 5.79. The van der Waals surface area contributed by atoms with E-state index in [1.807, 2.05) is 116 Å². The van der Waals surface area contributed by atoms with Crippen LogP contribution in [0.4, 0.5) is 46.0 Å². The number of fused-ring (bicyclic) bond motifs is 8. The summed E-state index contributed by atoms with van der Waals surface area (Å²) in [5.41, 5.74) is 3.76. The molecule has 0 spiro atoms. The number of pyridine rings is 2. The maximum absolute atomic E-state index is 4.89. The molecule has 8 bridgehead atoms. The van der Waals surface area contributed by atoms with Gasteiger partial charge in [-0.05, 0) is 24.3 Å². The molecule has 168 valence electrons. The zero-order valence-electron chi connectivity index (χ0n) is 18.9. The summed E-state index contributed by atoms with van der Waals surface area (Å²) in [6, 6.07) is 31.3. The maximum atomic E-state index is 4.89. The van der Waals surface area contributed by atoms with E-state index in [-0.39, 0.29) is 21.1 Å². The van der Waals surface area contributed by atoms with E-state index in [0.717, 1.165) is 46.0 Å². The number of anilines is 8. The Morgan fingerprint density at radius 1 is 0.455 bits per heavy atom. The van der Waals surface area contributed by atoms with Gasteiger partial charge in [-0.2, -0.15) is 12.1 Å². The van der Waals surface area contributed by atoms with Gasteiger partial charge in [0.1, 0.15) is 23.3 Å². The third kappa shape index (κ3) is 4.31. The summed E-state index contributed by atoms with van der Waals surface area (Å²) in [5, 5.41) is 0. The molecular formula is C26H24N6Pt. The number of hydrogen-bond acceptors (Lipinski definition) is 6. The Morgan fingerprint density at radius 3 is 1.15 bits per heavy atom. The Kier molecular flexibility index (Phi) is 6.39. The Hall–Kier alpha value is -3.37. The number of benzene rings is 2. The SMILES string of the molecule is CN1c2[c-]c(ccc2)N(C)c2cccc(n2)N(C)c2cccc(n2)N(C)c2[c-]c1ccc2.[Pt+2]. The van der Waals surface area contributed by atoms with Crippen LogP contribution in [0, 0.1) is 12.1 Å². The number of rotatable bonds is 0. The van der Waals surface area contributed by atoms with E-state index in [4.69, 9.17) is 9.97 Å². The minimum Gasteiger partial charge on any atom is -0.391 e. The number of nitrogens with zero attached hydrogens (tertiary/aromatic N) is 6. The van der Waals surface area contributed by atoms with E-state index in [1.165, 1.54) is 0 Å². The van der Waals surface area contributed by atoms with Crippen LogP contribution in [-0.4, -0.2) is 38.2 Å². The van der Waals surface area contributed by atoms with E-state index in [9.17, 15) is 0 Å². The van der Waals surface area contributed by atoms with Gasteiger partial charge in [0.25, 0.3) is 0 Å². The molecule has 2 aromatic carbocycles. The average molecular weight is 616 g/mol. The van der Waals surface area contributed by atoms with Crippen LogP contribution < -0.4 is 19.6 Å². The zero-order chi connectivity index (χ0) is 22.2. The standard InChI is InChI=1S/C26H24N6.Pt/c1-29-19-9-5-11-21(17-19)30(2)23-13-7-15-25(27-23)32(4)26-16-8-14-24(28-26)31(3)22-12-6-10-20(29)18-22;/h5-16H,1-4H3;/q-2;+2. The molecular weight excluding hydrogens is 591 g/mol. The molecule has 0 saturated heterocycles. The summed E-state index contributed by atoms with van der Waals surface area (Å²) in [6.45, 7) is 0. The summed E-state index contributed by atoms with van der Waals surface area (Å²) in [7, 11) is 8.02. The topological polar surface area (TPSA) is 38.7 Å². The molecule has 0 saturated carbocycles. The monoisotopic (exact) mass is 615 g/mol. The molecule has 0 aliphatic carbocycles. The first kappa shape index (κ1) is 22.8. The van der Waals surface area contributed by atoms with Gasteiger partial charge in [0, 0.05) is 28.2 Å². The van der Waals surface area contributed by atoms with Gasteiger partial charge >= 0.3 is 21.1 Å². The molecule has 33 heavy (non-hydrogen) atoms. The van der Waals surface area contributed by atoms with Crippen LogP contribution in [0.15, 0.2) is 72.8 Å². The van der Waals surface area contributed by atoms with Crippen LogP contribution in [0.2, 0.25) is 0 Å². The molecule has 0 N–H and O–H groups in total. The van der Waals surface area contributed by atoms with Crippen LogP contribution in [-0.2, 0) is 21.1 Å². The molecule has 5 rings (SSSR count). The molecule has 0 fully saturated rings. The van der Waals surface area contributed by atoms with Gasteiger partial charge in [0.15, 0.2) is 0 Å². The second kappa shape index (κ2) is 9.24. The van der Waals surface area contributed by atoms with Crippen LogP contribution >= 0.6 is 0 Å². The van der Waals surface area contributed by atoms with Gasteiger partial charge in [-0.1, -0.05) is 34.9 Å². The molecule has 0 atom stereocenters. The smallest absolute Gasteiger partial charge is 0.391 e. The van der Waals surface area contributed by atoms with Crippen molar-refractivity contribution in [3.63, 3.8) is 0 Å². The second-order valence-corrected chi connectivity index (χ2v) is 7.79. The molecule has 0 amide bonds. The predicted molar refractivity (Wildman–Crippen MR) is 131 cm³/mol. The first-order valence-corrected chi connectivity index (χ1v) is 10.4. The van der Waals surface area contributed by atoms with Crippen molar-refractivity contribution >= 4 is 46.0 Å². The summed E-state index contributed by atoms with van der Waals surface area (Å²) < 4.78 is 0. The van der Waals surface area contributed by atoms with Crippen molar-refractivity contribution in [1.82, 2.24) is 9.97 Å². The maximum Gasteiger partial charge on any atom is 2.00 e. The molecule has 2 aromatic heterocycles. The van der Waals surface area contributed by atoms with E-state index >= 15 is 0 Å². The minimum absolute atomic E-state index is 0. The second-order valence-electron chi connectivity index (χ2n) is 7.79. The molecule has 1 aliphatic heterocycles. The van der Waals surface area contributed by atoms with E-state index in [2.05, 4.69) is 17.0 Å². The Labute approximate surface area is 209 Å². The summed E-state index contributed by atoms with van der Waals surface area (Å²) >= 11 is 0. The molecule has 7 heteroatoms. The fourth-order valence-corrected chi connectivity index (χ4v) is 3.74. The Bertz CT molecular complexity index is 1000. The summed E-state index contributed by atoms with van der Waals surface area (Å²) in [6.07, 6.45) is 0. The van der Waals surface area contributed by atoms with Gasteiger partial charge in [-0.15, -0.1) is 36.4 Å². The third-order valence-corrected chi connectivity index (χ3v) is 5.79. The van der Waals surface area contributed by atoms with Crippen molar-refractivity contribution in [3.05, 3.63) is 84.9 Å². The van der Waals surface area contributed by atoms with Crippen molar-refractivity contribution in [2.24, 2.45) is 0 Å². The first-order valence-electron chi connectivity index (χ1n) is 10.4. The number of hydrogen-bond donors (Lipinski definition) is 0. The quantitative estimate of drug-likeness (QED) is 0.245. The zero-order valence-corrected chi connectivity index (χ0v) is 21.2. The Balaban J connectivity index is 0.00000259. The minimum atomic E-state index is 0. The predicted octanol–water partition coefficient (Wildman–Crippen LogP) is 5.46. The van der Waals surface area contributed by atoms with E-state index in [0.29, 0.717) is 0 Å². The summed E-state index contributed by atoms with van der Waals surface area (Å²) in [4.78, 5) is 17.9. The fourth-order valence-electron chi connectivity index (χ4n) is 3.74. The van der Waals surface area contributed by atoms with Crippen LogP contribution in [0.25, 0.3) is 0 Å². The van der Waals surface area contributed by atoms with Crippen molar-refractivity contribution in [3.8, 4) is 0 Å². The summed E-state index contributed by atoms with van der Waals surface area (Å²) in [5.74, 6) is 3.30. The van der Waals surface area contributed by atoms with Crippen LogP contribution in [0.3, 0.4) is 0 Å². The van der Waals surface area contributed by atoms with Gasteiger partial charge < -0.3 is 19.6 Å². The average Bonchev–Trinajstić information content (AvgIpc) is 2.86. The van der Waals surface area contributed by atoms with Gasteiger partial charge in [0.05, 0.1) is 0 Å². The Morgan fingerprint density at radius 2 is 0.758 bits per heavy atom. The number of aromatic nitrogens is 2. The normalized spacial score (nSPS) is 13.0. The van der Waals surface area contributed by atoms with Crippen molar-refractivity contribution in [1.29, 1.82) is 0 Å². The van der Waals surface area contributed by atoms with E-state index < -0.39 is 0 Å². The van der Waals surface area contributed by atoms with Crippen LogP contribution in [0.5, 0.6) is 0 Å². The van der Waals surface area contributed by atoms with Crippen molar-refractivity contribution in [2.45, 2.75) is 0 Å².